The third-order valence-corrected chi connectivity index (χ3v) is 4.79. The quantitative estimate of drug-likeness (QED) is 0.733. The van der Waals surface area contributed by atoms with E-state index < -0.39 is 6.10 Å². The number of hydrogen-bond donors (Lipinski definition) is 2. The van der Waals surface area contributed by atoms with Crippen molar-refractivity contribution in [2.75, 3.05) is 0 Å². The molecule has 0 saturated heterocycles. The summed E-state index contributed by atoms with van der Waals surface area (Å²) in [4.78, 5) is 16.5. The molecule has 134 valence electrons. The predicted molar refractivity (Wildman–Crippen MR) is 94.2 cm³/mol. The predicted octanol–water partition coefficient (Wildman–Crippen LogP) is 2.11. The lowest BCUT2D eigenvalue weighted by Gasteiger charge is -2.16. The Hall–Kier alpha value is -2.93. The molecule has 0 aliphatic heterocycles. The molecule has 1 fully saturated rings. The van der Waals surface area contributed by atoms with Gasteiger partial charge in [0.05, 0.1) is 18.3 Å². The Balaban J connectivity index is 1.41. The van der Waals surface area contributed by atoms with Gasteiger partial charge in [-0.15, -0.1) is 0 Å². The van der Waals surface area contributed by atoms with Crippen molar-refractivity contribution in [3.8, 4) is 11.3 Å². The molecule has 2 heterocycles. The summed E-state index contributed by atoms with van der Waals surface area (Å²) in [5, 5.41) is 17.5. The van der Waals surface area contributed by atoms with Crippen LogP contribution in [0.2, 0.25) is 0 Å². The Bertz CT molecular complexity index is 861. The standard InChI is InChI=1S/C19H20N4O3/c24-17-8-13(11-23-6-2-5-21-23)7-16(17)22-19(25)15-4-1-3-14(9-15)18-10-20-12-26-18/h1-6,9-10,12-13,16-17,24H,7-8,11H2,(H,22,25)/t13?,16-,17-/m1/s1. The highest BCUT2D eigenvalue weighted by atomic mass is 16.3. The van der Waals surface area contributed by atoms with Gasteiger partial charge in [0, 0.05) is 30.1 Å². The fraction of sp³-hybridized carbons (Fsp3) is 0.316. The van der Waals surface area contributed by atoms with Crippen LogP contribution in [0, 0.1) is 5.92 Å². The molecular weight excluding hydrogens is 332 g/mol. The molecule has 4 rings (SSSR count). The molecule has 1 aromatic carbocycles. The van der Waals surface area contributed by atoms with Crippen LogP contribution in [0.3, 0.4) is 0 Å². The van der Waals surface area contributed by atoms with Crippen molar-refractivity contribution >= 4 is 5.91 Å². The van der Waals surface area contributed by atoms with Crippen LogP contribution in [0.5, 0.6) is 0 Å². The van der Waals surface area contributed by atoms with Crippen LogP contribution in [-0.4, -0.2) is 37.9 Å². The summed E-state index contributed by atoms with van der Waals surface area (Å²) in [6.07, 6.45) is 7.46. The van der Waals surface area contributed by atoms with Crippen LogP contribution in [0.1, 0.15) is 23.2 Å². The zero-order chi connectivity index (χ0) is 17.9. The summed E-state index contributed by atoms with van der Waals surface area (Å²) in [7, 11) is 0. The monoisotopic (exact) mass is 352 g/mol. The van der Waals surface area contributed by atoms with Crippen molar-refractivity contribution in [1.29, 1.82) is 0 Å². The minimum atomic E-state index is -0.544. The van der Waals surface area contributed by atoms with Crippen molar-refractivity contribution in [3.05, 3.63) is 60.9 Å². The molecule has 1 saturated carbocycles. The van der Waals surface area contributed by atoms with Crippen LogP contribution < -0.4 is 5.32 Å². The van der Waals surface area contributed by atoms with Gasteiger partial charge in [0.2, 0.25) is 0 Å². The molecule has 1 amide bonds. The third-order valence-electron chi connectivity index (χ3n) is 4.79. The fourth-order valence-corrected chi connectivity index (χ4v) is 3.52. The summed E-state index contributed by atoms with van der Waals surface area (Å²) in [6, 6.07) is 8.81. The lowest BCUT2D eigenvalue weighted by molar-refractivity contribution is 0.0873. The zero-order valence-electron chi connectivity index (χ0n) is 14.2. The summed E-state index contributed by atoms with van der Waals surface area (Å²) in [5.74, 6) is 0.700. The van der Waals surface area contributed by atoms with Crippen molar-refractivity contribution in [2.24, 2.45) is 5.92 Å². The second-order valence-electron chi connectivity index (χ2n) is 6.66. The van der Waals surface area contributed by atoms with Gasteiger partial charge >= 0.3 is 0 Å². The second kappa shape index (κ2) is 7.13. The average Bonchev–Trinajstić information content (AvgIpc) is 3.39. The van der Waals surface area contributed by atoms with Gasteiger partial charge in [-0.3, -0.25) is 9.48 Å². The maximum atomic E-state index is 12.6. The van der Waals surface area contributed by atoms with E-state index in [9.17, 15) is 9.90 Å². The molecule has 7 heteroatoms. The van der Waals surface area contributed by atoms with Gasteiger partial charge in [-0.2, -0.15) is 5.10 Å². The number of aromatic nitrogens is 3. The normalized spacial score (nSPS) is 22.4. The maximum absolute atomic E-state index is 12.6. The van der Waals surface area contributed by atoms with Crippen LogP contribution in [0.15, 0.2) is 59.7 Å². The van der Waals surface area contributed by atoms with E-state index in [1.165, 1.54) is 6.39 Å². The topological polar surface area (TPSA) is 93.2 Å². The Morgan fingerprint density at radius 1 is 1.35 bits per heavy atom. The van der Waals surface area contributed by atoms with Gasteiger partial charge in [-0.1, -0.05) is 12.1 Å². The molecule has 1 aliphatic carbocycles. The van der Waals surface area contributed by atoms with Crippen LogP contribution >= 0.6 is 0 Å². The first kappa shape index (κ1) is 16.5. The second-order valence-corrected chi connectivity index (χ2v) is 6.66. The minimum Gasteiger partial charge on any atom is -0.444 e. The number of oxazole rings is 1. The van der Waals surface area contributed by atoms with Crippen molar-refractivity contribution in [1.82, 2.24) is 20.1 Å². The lowest BCUT2D eigenvalue weighted by Crippen LogP contribution is -2.39. The Labute approximate surface area is 150 Å². The highest BCUT2D eigenvalue weighted by Crippen LogP contribution is 2.28. The number of nitrogens with one attached hydrogen (secondary N) is 1. The summed E-state index contributed by atoms with van der Waals surface area (Å²) in [6.45, 7) is 0.747. The molecular formula is C19H20N4O3. The van der Waals surface area contributed by atoms with E-state index in [1.807, 2.05) is 23.0 Å². The Morgan fingerprint density at radius 3 is 3.04 bits per heavy atom. The number of hydrogen-bond acceptors (Lipinski definition) is 5. The summed E-state index contributed by atoms with van der Waals surface area (Å²) in [5.41, 5.74) is 1.32. The van der Waals surface area contributed by atoms with E-state index in [-0.39, 0.29) is 17.9 Å². The van der Waals surface area contributed by atoms with Gasteiger partial charge in [0.15, 0.2) is 12.2 Å². The molecule has 0 bridgehead atoms. The first-order valence-corrected chi connectivity index (χ1v) is 8.64. The average molecular weight is 352 g/mol. The summed E-state index contributed by atoms with van der Waals surface area (Å²) < 4.78 is 7.14. The molecule has 3 atom stereocenters. The summed E-state index contributed by atoms with van der Waals surface area (Å²) >= 11 is 0. The van der Waals surface area contributed by atoms with E-state index in [2.05, 4.69) is 15.4 Å². The molecule has 2 aromatic heterocycles. The van der Waals surface area contributed by atoms with Gasteiger partial charge in [-0.05, 0) is 37.0 Å². The van der Waals surface area contributed by atoms with Gasteiger partial charge in [-0.25, -0.2) is 4.98 Å². The van der Waals surface area contributed by atoms with E-state index >= 15 is 0 Å². The van der Waals surface area contributed by atoms with Crippen LogP contribution in [0.25, 0.3) is 11.3 Å². The molecule has 1 aliphatic rings. The fourth-order valence-electron chi connectivity index (χ4n) is 3.52. The van der Waals surface area contributed by atoms with Gasteiger partial charge in [0.25, 0.3) is 5.91 Å². The first-order valence-electron chi connectivity index (χ1n) is 8.64. The number of rotatable bonds is 5. The number of benzene rings is 1. The first-order chi connectivity index (χ1) is 12.7. The van der Waals surface area contributed by atoms with Crippen LogP contribution in [0.4, 0.5) is 0 Å². The van der Waals surface area contributed by atoms with Crippen molar-refractivity contribution in [3.63, 3.8) is 0 Å². The van der Waals surface area contributed by atoms with Gasteiger partial charge in [0.1, 0.15) is 0 Å². The highest BCUT2D eigenvalue weighted by molar-refractivity contribution is 5.95. The molecule has 0 spiro atoms. The van der Waals surface area contributed by atoms with Crippen LogP contribution in [-0.2, 0) is 6.54 Å². The number of aliphatic hydroxyl groups is 1. The highest BCUT2D eigenvalue weighted by Gasteiger charge is 2.34. The molecule has 3 aromatic rings. The third kappa shape index (κ3) is 3.52. The zero-order valence-corrected chi connectivity index (χ0v) is 14.2. The number of aliphatic hydroxyl groups excluding tert-OH is 1. The number of carbonyl (C=O) groups excluding carboxylic acids is 1. The van der Waals surface area contributed by atoms with Crippen molar-refractivity contribution in [2.45, 2.75) is 31.5 Å². The maximum Gasteiger partial charge on any atom is 0.251 e. The van der Waals surface area contributed by atoms with E-state index in [1.54, 1.807) is 30.6 Å². The number of carbonyl (C=O) groups is 1. The van der Waals surface area contributed by atoms with Gasteiger partial charge < -0.3 is 14.8 Å². The van der Waals surface area contributed by atoms with E-state index in [0.29, 0.717) is 17.7 Å². The largest absolute Gasteiger partial charge is 0.444 e. The molecule has 7 nitrogen and oxygen atoms in total. The molecule has 0 radical (unpaired) electrons. The Kier molecular flexibility index (Phi) is 4.53. The lowest BCUT2D eigenvalue weighted by atomic mass is 10.1. The minimum absolute atomic E-state index is 0.199. The molecule has 1 unspecified atom stereocenters. The number of nitrogens with zero attached hydrogens (tertiary/aromatic N) is 3. The van der Waals surface area contributed by atoms with Crippen molar-refractivity contribution < 1.29 is 14.3 Å². The van der Waals surface area contributed by atoms with E-state index in [4.69, 9.17) is 4.42 Å². The molecule has 26 heavy (non-hydrogen) atoms. The molecule has 2 N–H and O–H groups in total. The number of amides is 1. The Morgan fingerprint density at radius 2 is 2.27 bits per heavy atom. The smallest absolute Gasteiger partial charge is 0.251 e. The van der Waals surface area contributed by atoms with E-state index in [0.717, 1.165) is 18.5 Å². The SMILES string of the molecule is O=C(N[C@@H]1CC(Cn2cccn2)C[C@H]1O)c1cccc(-c2cnco2)c1.